The quantitative estimate of drug-likeness (QED) is 0.851. The SMILES string of the molecule is CCN(CC)C1CCN(c2nc(Cl)ccc2N)C1. The minimum Gasteiger partial charge on any atom is -0.396 e. The van der Waals surface area contributed by atoms with Gasteiger partial charge in [-0.1, -0.05) is 25.4 Å². The van der Waals surface area contributed by atoms with Gasteiger partial charge >= 0.3 is 0 Å². The molecule has 0 amide bonds. The zero-order valence-electron chi connectivity index (χ0n) is 11.1. The van der Waals surface area contributed by atoms with Crippen molar-refractivity contribution in [3.63, 3.8) is 0 Å². The van der Waals surface area contributed by atoms with Crippen molar-refractivity contribution in [2.24, 2.45) is 0 Å². The number of nitrogens with two attached hydrogens (primary N) is 1. The van der Waals surface area contributed by atoms with Gasteiger partial charge in [0.2, 0.25) is 0 Å². The third-order valence-electron chi connectivity index (χ3n) is 3.66. The zero-order valence-corrected chi connectivity index (χ0v) is 11.8. The van der Waals surface area contributed by atoms with Crippen LogP contribution >= 0.6 is 11.6 Å². The number of halogens is 1. The van der Waals surface area contributed by atoms with Gasteiger partial charge in [-0.05, 0) is 31.6 Å². The van der Waals surface area contributed by atoms with Gasteiger partial charge in [0.05, 0.1) is 5.69 Å². The molecule has 1 aromatic heterocycles. The monoisotopic (exact) mass is 268 g/mol. The molecule has 2 heterocycles. The maximum absolute atomic E-state index is 5.98. The smallest absolute Gasteiger partial charge is 0.153 e. The van der Waals surface area contributed by atoms with E-state index >= 15 is 0 Å². The van der Waals surface area contributed by atoms with Crippen LogP contribution in [-0.2, 0) is 0 Å². The van der Waals surface area contributed by atoms with Gasteiger partial charge in [-0.3, -0.25) is 4.90 Å². The lowest BCUT2D eigenvalue weighted by molar-refractivity contribution is 0.232. The molecule has 0 aliphatic carbocycles. The van der Waals surface area contributed by atoms with Crippen LogP contribution in [0.3, 0.4) is 0 Å². The molecule has 1 atom stereocenters. The Morgan fingerprint density at radius 2 is 2.17 bits per heavy atom. The number of hydrogen-bond acceptors (Lipinski definition) is 4. The standard InChI is InChI=1S/C13H21ClN4/c1-3-17(4-2)10-7-8-18(9-10)13-11(15)5-6-12(14)16-13/h5-6,10H,3-4,7-9,15H2,1-2H3. The first-order valence-corrected chi connectivity index (χ1v) is 6.94. The van der Waals surface area contributed by atoms with Crippen molar-refractivity contribution >= 4 is 23.1 Å². The highest BCUT2D eigenvalue weighted by atomic mass is 35.5. The fourth-order valence-electron chi connectivity index (χ4n) is 2.66. The van der Waals surface area contributed by atoms with Crippen LogP contribution in [0, 0.1) is 0 Å². The topological polar surface area (TPSA) is 45.4 Å². The maximum atomic E-state index is 5.98. The highest BCUT2D eigenvalue weighted by Gasteiger charge is 2.27. The number of hydrogen-bond donors (Lipinski definition) is 1. The highest BCUT2D eigenvalue weighted by molar-refractivity contribution is 6.29. The van der Waals surface area contributed by atoms with Crippen LogP contribution in [0.4, 0.5) is 11.5 Å². The van der Waals surface area contributed by atoms with Crippen LogP contribution in [0.5, 0.6) is 0 Å². The highest BCUT2D eigenvalue weighted by Crippen LogP contribution is 2.27. The molecule has 1 aromatic rings. The van der Waals surface area contributed by atoms with Crippen molar-refractivity contribution in [2.75, 3.05) is 36.8 Å². The number of aromatic nitrogens is 1. The summed E-state index contributed by atoms with van der Waals surface area (Å²) < 4.78 is 0. The Bertz CT molecular complexity index is 406. The summed E-state index contributed by atoms with van der Waals surface area (Å²) >= 11 is 5.94. The molecule has 1 fully saturated rings. The fourth-order valence-corrected chi connectivity index (χ4v) is 2.80. The number of anilines is 2. The van der Waals surface area contributed by atoms with Crippen LogP contribution in [0.2, 0.25) is 5.15 Å². The third kappa shape index (κ3) is 2.70. The number of nitrogens with zero attached hydrogens (tertiary/aromatic N) is 3. The van der Waals surface area contributed by atoms with Gasteiger partial charge < -0.3 is 10.6 Å². The predicted octanol–water partition coefficient (Wildman–Crippen LogP) is 2.24. The van der Waals surface area contributed by atoms with Gasteiger partial charge in [0.15, 0.2) is 5.82 Å². The summed E-state index contributed by atoms with van der Waals surface area (Å²) in [5, 5.41) is 0.505. The molecule has 100 valence electrons. The Kier molecular flexibility index (Phi) is 4.30. The van der Waals surface area contributed by atoms with Gasteiger partial charge in [0.25, 0.3) is 0 Å². The summed E-state index contributed by atoms with van der Waals surface area (Å²) in [6.45, 7) is 8.58. The van der Waals surface area contributed by atoms with Gasteiger partial charge in [0.1, 0.15) is 5.15 Å². The first-order chi connectivity index (χ1) is 8.65. The van der Waals surface area contributed by atoms with Gasteiger partial charge in [-0.2, -0.15) is 0 Å². The van der Waals surface area contributed by atoms with E-state index in [1.807, 2.05) is 6.07 Å². The van der Waals surface area contributed by atoms with Crippen molar-refractivity contribution < 1.29 is 0 Å². The summed E-state index contributed by atoms with van der Waals surface area (Å²) in [6, 6.07) is 4.16. The van der Waals surface area contributed by atoms with E-state index in [0.29, 0.717) is 16.9 Å². The lowest BCUT2D eigenvalue weighted by atomic mass is 10.2. The number of nitrogen functional groups attached to an aromatic ring is 1. The fraction of sp³-hybridized carbons (Fsp3) is 0.615. The molecular formula is C13H21ClN4. The summed E-state index contributed by atoms with van der Waals surface area (Å²) in [7, 11) is 0. The van der Waals surface area contributed by atoms with E-state index in [0.717, 1.165) is 38.4 Å². The summed E-state index contributed by atoms with van der Waals surface area (Å²) in [5.74, 6) is 0.831. The van der Waals surface area contributed by atoms with Crippen LogP contribution < -0.4 is 10.6 Å². The van der Waals surface area contributed by atoms with Crippen molar-refractivity contribution in [1.82, 2.24) is 9.88 Å². The van der Waals surface area contributed by atoms with Crippen molar-refractivity contribution in [3.05, 3.63) is 17.3 Å². The van der Waals surface area contributed by atoms with E-state index in [1.54, 1.807) is 6.07 Å². The zero-order chi connectivity index (χ0) is 13.1. The normalized spacial score (nSPS) is 19.8. The molecule has 0 bridgehead atoms. The van der Waals surface area contributed by atoms with Crippen LogP contribution in [-0.4, -0.2) is 42.1 Å². The molecule has 1 unspecified atom stereocenters. The Balaban J connectivity index is 2.10. The van der Waals surface area contributed by atoms with Gasteiger partial charge in [0, 0.05) is 19.1 Å². The maximum Gasteiger partial charge on any atom is 0.153 e. The van der Waals surface area contributed by atoms with E-state index in [1.165, 1.54) is 0 Å². The molecule has 2 N–H and O–H groups in total. The number of likely N-dealkylation sites (N-methyl/N-ethyl adjacent to an activating group) is 1. The van der Waals surface area contributed by atoms with Crippen LogP contribution in [0.15, 0.2) is 12.1 Å². The molecule has 0 aromatic carbocycles. The third-order valence-corrected chi connectivity index (χ3v) is 3.87. The Hall–Kier alpha value is -1.00. The summed E-state index contributed by atoms with van der Waals surface area (Å²) in [4.78, 5) is 9.08. The lowest BCUT2D eigenvalue weighted by Gasteiger charge is -2.26. The molecule has 4 nitrogen and oxygen atoms in total. The van der Waals surface area contributed by atoms with Crippen molar-refractivity contribution in [3.8, 4) is 0 Å². The molecule has 0 spiro atoms. The predicted molar refractivity (Wildman–Crippen MR) is 77.2 cm³/mol. The van der Waals surface area contributed by atoms with E-state index < -0.39 is 0 Å². The molecule has 5 heteroatoms. The molecule has 18 heavy (non-hydrogen) atoms. The molecule has 1 aliphatic rings. The average Bonchev–Trinajstić information content (AvgIpc) is 2.83. The molecule has 0 saturated carbocycles. The minimum atomic E-state index is 0.505. The summed E-state index contributed by atoms with van der Waals surface area (Å²) in [6.07, 6.45) is 1.16. The van der Waals surface area contributed by atoms with E-state index in [4.69, 9.17) is 17.3 Å². The first-order valence-electron chi connectivity index (χ1n) is 6.56. The Morgan fingerprint density at radius 1 is 1.44 bits per heavy atom. The van der Waals surface area contributed by atoms with Crippen LogP contribution in [0.1, 0.15) is 20.3 Å². The van der Waals surface area contributed by atoms with Gasteiger partial charge in [-0.25, -0.2) is 4.98 Å². The average molecular weight is 269 g/mol. The Morgan fingerprint density at radius 3 is 2.83 bits per heavy atom. The molecular weight excluding hydrogens is 248 g/mol. The second kappa shape index (κ2) is 5.76. The largest absolute Gasteiger partial charge is 0.396 e. The first kappa shape index (κ1) is 13.4. The summed E-state index contributed by atoms with van der Waals surface area (Å²) in [5.41, 5.74) is 6.69. The lowest BCUT2D eigenvalue weighted by Crippen LogP contribution is -2.37. The van der Waals surface area contributed by atoms with E-state index in [2.05, 4.69) is 28.6 Å². The molecule has 1 aliphatic heterocycles. The number of rotatable bonds is 4. The van der Waals surface area contributed by atoms with E-state index in [9.17, 15) is 0 Å². The number of pyridine rings is 1. The molecule has 2 rings (SSSR count). The molecule has 1 saturated heterocycles. The van der Waals surface area contributed by atoms with E-state index in [-0.39, 0.29) is 0 Å². The van der Waals surface area contributed by atoms with Crippen molar-refractivity contribution in [2.45, 2.75) is 26.3 Å². The second-order valence-corrected chi connectivity index (χ2v) is 5.04. The van der Waals surface area contributed by atoms with Crippen LogP contribution in [0.25, 0.3) is 0 Å². The minimum absolute atomic E-state index is 0.505. The molecule has 0 radical (unpaired) electrons. The van der Waals surface area contributed by atoms with Gasteiger partial charge in [-0.15, -0.1) is 0 Å². The Labute approximate surface area is 114 Å². The second-order valence-electron chi connectivity index (χ2n) is 4.66. The van der Waals surface area contributed by atoms with Crippen molar-refractivity contribution in [1.29, 1.82) is 0 Å².